The number of nitrogens with one attached hydrogen (secondary N) is 1. The number of hydrogen-bond acceptors (Lipinski definition) is 10. The standard InChI is InChI=1S/C53H91NO10/c1-3-5-7-9-11-13-20-25-29-33-37-41-49(58)62-42-38-34-30-26-22-19-17-15-16-18-21-24-28-32-36-40-48(57)54-45(44-63-53-52(61)51(60)50(59)47(43-55)64-53)46(56)39-35-31-27-23-14-12-10-8-6-4-2/h6,8-9,11,14-15,17,19,22-23,35,39,45-47,50-53,55-56,59-61H,3-5,7,10,12-13,16,18,20-21,24-34,36-38,40-44H2,1-2H3,(H,54,57)/b8-6+,11-9-,17-15-,22-19-,23-14+,39-35+. The largest absolute Gasteiger partial charge is 0.466 e. The average molecular weight is 902 g/mol. The fraction of sp³-hybridized carbons (Fsp3) is 0.736. The zero-order valence-electron chi connectivity index (χ0n) is 40.0. The second-order valence-corrected chi connectivity index (χ2v) is 17.1. The van der Waals surface area contributed by atoms with Crippen LogP contribution in [0.15, 0.2) is 72.9 Å². The number of carbonyl (C=O) groups excluding carboxylic acids is 2. The monoisotopic (exact) mass is 902 g/mol. The lowest BCUT2D eigenvalue weighted by atomic mass is 9.99. The van der Waals surface area contributed by atoms with Crippen LogP contribution >= 0.6 is 0 Å². The van der Waals surface area contributed by atoms with E-state index in [1.165, 1.54) is 44.9 Å². The fourth-order valence-corrected chi connectivity index (χ4v) is 7.21. The number of esters is 1. The van der Waals surface area contributed by atoms with Crippen molar-refractivity contribution in [2.45, 2.75) is 230 Å². The van der Waals surface area contributed by atoms with Crippen LogP contribution in [0.2, 0.25) is 0 Å². The van der Waals surface area contributed by atoms with E-state index in [2.05, 4.69) is 79.9 Å². The predicted octanol–water partition coefficient (Wildman–Crippen LogP) is 10.1. The van der Waals surface area contributed by atoms with E-state index in [1.807, 2.05) is 6.08 Å². The minimum Gasteiger partial charge on any atom is -0.466 e. The summed E-state index contributed by atoms with van der Waals surface area (Å²) in [4.78, 5) is 24.9. The van der Waals surface area contributed by atoms with Gasteiger partial charge in [-0.25, -0.2) is 0 Å². The van der Waals surface area contributed by atoms with E-state index in [0.29, 0.717) is 32.3 Å². The Bertz CT molecular complexity index is 1290. The van der Waals surface area contributed by atoms with Crippen molar-refractivity contribution in [1.82, 2.24) is 5.32 Å². The van der Waals surface area contributed by atoms with Crippen LogP contribution in [0.5, 0.6) is 0 Å². The third-order valence-electron chi connectivity index (χ3n) is 11.3. The number of allylic oxidation sites excluding steroid dienone is 11. The molecule has 0 spiro atoms. The summed E-state index contributed by atoms with van der Waals surface area (Å²) in [6.45, 7) is 4.05. The normalized spacial score (nSPS) is 20.5. The molecule has 0 aromatic heterocycles. The van der Waals surface area contributed by atoms with Crippen LogP contribution in [0, 0.1) is 0 Å². The van der Waals surface area contributed by atoms with Crippen molar-refractivity contribution in [2.75, 3.05) is 19.8 Å². The molecule has 1 saturated heterocycles. The third-order valence-corrected chi connectivity index (χ3v) is 11.3. The van der Waals surface area contributed by atoms with E-state index in [9.17, 15) is 35.1 Å². The summed E-state index contributed by atoms with van der Waals surface area (Å²) in [7, 11) is 0. The molecule has 1 heterocycles. The summed E-state index contributed by atoms with van der Waals surface area (Å²) >= 11 is 0. The average Bonchev–Trinajstić information content (AvgIpc) is 3.29. The molecule has 1 amide bonds. The van der Waals surface area contributed by atoms with Crippen molar-refractivity contribution in [3.63, 3.8) is 0 Å². The third kappa shape index (κ3) is 32.7. The van der Waals surface area contributed by atoms with Gasteiger partial charge in [0.1, 0.15) is 24.4 Å². The van der Waals surface area contributed by atoms with Gasteiger partial charge in [0.15, 0.2) is 6.29 Å². The minimum absolute atomic E-state index is 0.0554. The molecule has 11 heteroatoms. The molecule has 0 radical (unpaired) electrons. The van der Waals surface area contributed by atoms with Crippen molar-refractivity contribution >= 4 is 11.9 Å². The van der Waals surface area contributed by atoms with Gasteiger partial charge in [-0.05, 0) is 103 Å². The number of rotatable bonds is 41. The lowest BCUT2D eigenvalue weighted by molar-refractivity contribution is -0.302. The predicted molar refractivity (Wildman–Crippen MR) is 259 cm³/mol. The summed E-state index contributed by atoms with van der Waals surface area (Å²) in [6, 6.07) is -0.851. The lowest BCUT2D eigenvalue weighted by Gasteiger charge is -2.40. The van der Waals surface area contributed by atoms with Crippen LogP contribution in [0.3, 0.4) is 0 Å². The van der Waals surface area contributed by atoms with E-state index >= 15 is 0 Å². The molecule has 0 bridgehead atoms. The highest BCUT2D eigenvalue weighted by Crippen LogP contribution is 2.22. The molecule has 1 fully saturated rings. The van der Waals surface area contributed by atoms with E-state index in [-0.39, 0.29) is 18.5 Å². The molecule has 1 rings (SSSR count). The molecule has 11 nitrogen and oxygen atoms in total. The van der Waals surface area contributed by atoms with Gasteiger partial charge in [-0.15, -0.1) is 0 Å². The molecule has 1 aliphatic heterocycles. The van der Waals surface area contributed by atoms with Gasteiger partial charge in [0.25, 0.3) is 0 Å². The topological polar surface area (TPSA) is 175 Å². The number of amides is 1. The number of hydrogen-bond donors (Lipinski definition) is 6. The second kappa shape index (κ2) is 42.7. The number of aliphatic hydroxyl groups excluding tert-OH is 5. The van der Waals surface area contributed by atoms with E-state index in [4.69, 9.17) is 14.2 Å². The van der Waals surface area contributed by atoms with Gasteiger partial charge in [-0.3, -0.25) is 9.59 Å². The molecule has 7 unspecified atom stereocenters. The molecule has 6 N–H and O–H groups in total. The highest BCUT2D eigenvalue weighted by Gasteiger charge is 2.44. The highest BCUT2D eigenvalue weighted by molar-refractivity contribution is 5.76. The summed E-state index contributed by atoms with van der Waals surface area (Å²) in [5, 5.41) is 54.0. The first-order valence-corrected chi connectivity index (χ1v) is 25.2. The maximum absolute atomic E-state index is 12.9. The van der Waals surface area contributed by atoms with Crippen molar-refractivity contribution < 1.29 is 49.3 Å². The maximum Gasteiger partial charge on any atom is 0.305 e. The second-order valence-electron chi connectivity index (χ2n) is 17.1. The lowest BCUT2D eigenvalue weighted by Crippen LogP contribution is -2.60. The van der Waals surface area contributed by atoms with Crippen LogP contribution in [0.1, 0.15) is 187 Å². The number of carbonyl (C=O) groups is 2. The van der Waals surface area contributed by atoms with Crippen molar-refractivity contribution in [3.8, 4) is 0 Å². The first-order valence-electron chi connectivity index (χ1n) is 25.2. The molecular weight excluding hydrogens is 811 g/mol. The van der Waals surface area contributed by atoms with Gasteiger partial charge < -0.3 is 45.1 Å². The zero-order valence-corrected chi connectivity index (χ0v) is 40.0. The van der Waals surface area contributed by atoms with Crippen molar-refractivity contribution in [3.05, 3.63) is 72.9 Å². The van der Waals surface area contributed by atoms with Gasteiger partial charge >= 0.3 is 5.97 Å². The van der Waals surface area contributed by atoms with Gasteiger partial charge in [-0.1, -0.05) is 145 Å². The molecule has 0 aromatic rings. The van der Waals surface area contributed by atoms with Crippen LogP contribution in [-0.2, 0) is 23.8 Å². The Morgan fingerprint density at radius 3 is 1.72 bits per heavy atom. The number of unbranched alkanes of at least 4 members (excludes halogenated alkanes) is 18. The van der Waals surface area contributed by atoms with Crippen molar-refractivity contribution in [2.24, 2.45) is 0 Å². The Kier molecular flexibility index (Phi) is 39.5. The van der Waals surface area contributed by atoms with Crippen LogP contribution < -0.4 is 5.32 Å². The van der Waals surface area contributed by atoms with Gasteiger partial charge in [0.2, 0.25) is 5.91 Å². The molecular formula is C53H91NO10. The fourth-order valence-electron chi connectivity index (χ4n) is 7.21. The van der Waals surface area contributed by atoms with Gasteiger partial charge in [-0.2, -0.15) is 0 Å². The Balaban J connectivity index is 2.21. The smallest absolute Gasteiger partial charge is 0.305 e. The number of aliphatic hydroxyl groups is 5. The van der Waals surface area contributed by atoms with Gasteiger partial charge in [0.05, 0.1) is 32.0 Å². The molecule has 0 saturated carbocycles. The Labute approximate surface area is 388 Å². The maximum atomic E-state index is 12.9. The van der Waals surface area contributed by atoms with E-state index in [0.717, 1.165) is 103 Å². The summed E-state index contributed by atoms with van der Waals surface area (Å²) < 4.78 is 16.6. The molecule has 1 aliphatic rings. The first-order chi connectivity index (χ1) is 31.2. The van der Waals surface area contributed by atoms with Crippen LogP contribution in [-0.4, -0.2) is 100 Å². The Morgan fingerprint density at radius 2 is 1.11 bits per heavy atom. The minimum atomic E-state index is -1.59. The molecule has 0 aliphatic carbocycles. The SMILES string of the molecule is CC/C=C/CC/C=C/CC/C=C/C(O)C(COC1OC(CO)C(O)C(O)C1O)NC(=O)CCCCCCCC/C=C\C=C/CCCCCOC(=O)CCCCCCC/C=C\CCCC. The zero-order chi connectivity index (χ0) is 46.7. The van der Waals surface area contributed by atoms with Gasteiger partial charge in [0, 0.05) is 12.8 Å². The van der Waals surface area contributed by atoms with Crippen molar-refractivity contribution in [1.29, 1.82) is 0 Å². The Hall–Kier alpha value is -2.90. The van der Waals surface area contributed by atoms with Crippen LogP contribution in [0.4, 0.5) is 0 Å². The molecule has 0 aromatic carbocycles. The van der Waals surface area contributed by atoms with E-state index < -0.39 is 49.5 Å². The quantitative estimate of drug-likeness (QED) is 0.0150. The molecule has 368 valence electrons. The first kappa shape index (κ1) is 59.1. The van der Waals surface area contributed by atoms with E-state index in [1.54, 1.807) is 6.08 Å². The Morgan fingerprint density at radius 1 is 0.594 bits per heavy atom. The summed E-state index contributed by atoms with van der Waals surface area (Å²) in [5.74, 6) is -0.280. The summed E-state index contributed by atoms with van der Waals surface area (Å²) in [6.07, 6.45) is 44.2. The van der Waals surface area contributed by atoms with Crippen LogP contribution in [0.25, 0.3) is 0 Å². The molecule has 64 heavy (non-hydrogen) atoms. The summed E-state index contributed by atoms with van der Waals surface area (Å²) in [5.41, 5.74) is 0. The number of ether oxygens (including phenoxy) is 3. The molecule has 7 atom stereocenters. The highest BCUT2D eigenvalue weighted by atomic mass is 16.7.